The van der Waals surface area contributed by atoms with Crippen molar-refractivity contribution in [2.75, 3.05) is 31.5 Å². The fourth-order valence-electron chi connectivity index (χ4n) is 3.32. The number of benzene rings is 1. The van der Waals surface area contributed by atoms with E-state index in [0.29, 0.717) is 43.5 Å². The number of carbonyl (C=O) groups excluding carboxylic acids is 2. The van der Waals surface area contributed by atoms with Crippen LogP contribution in [0.15, 0.2) is 34.9 Å². The van der Waals surface area contributed by atoms with Gasteiger partial charge in [0.1, 0.15) is 0 Å². The van der Waals surface area contributed by atoms with E-state index >= 15 is 0 Å². The van der Waals surface area contributed by atoms with Gasteiger partial charge in [-0.05, 0) is 37.5 Å². The van der Waals surface area contributed by atoms with Crippen molar-refractivity contribution in [3.8, 4) is 0 Å². The molecule has 1 aliphatic rings. The Morgan fingerprint density at radius 3 is 2.25 bits per heavy atom. The van der Waals surface area contributed by atoms with Gasteiger partial charge in [-0.1, -0.05) is 31.1 Å². The predicted molar refractivity (Wildman–Crippen MR) is 107 cm³/mol. The lowest BCUT2D eigenvalue weighted by molar-refractivity contribution is -0.121. The maximum absolute atomic E-state index is 12.7. The lowest BCUT2D eigenvalue weighted by Gasteiger charge is -2.37. The zero-order valence-corrected chi connectivity index (χ0v) is 16.9. The minimum absolute atomic E-state index is 0.0456. The van der Waals surface area contributed by atoms with E-state index in [1.165, 1.54) is 5.56 Å². The molecule has 0 radical (unpaired) electrons. The van der Waals surface area contributed by atoms with Gasteiger partial charge in [0, 0.05) is 37.8 Å². The Labute approximate surface area is 165 Å². The van der Waals surface area contributed by atoms with E-state index in [4.69, 9.17) is 4.52 Å². The highest BCUT2D eigenvalue weighted by Gasteiger charge is 2.28. The highest BCUT2D eigenvalue weighted by Crippen LogP contribution is 2.17. The molecule has 1 fully saturated rings. The number of nitrogens with one attached hydrogen (secondary N) is 1. The minimum Gasteiger partial charge on any atom is -0.338 e. The number of piperazine rings is 1. The van der Waals surface area contributed by atoms with Gasteiger partial charge in [-0.15, -0.1) is 0 Å². The van der Waals surface area contributed by atoms with Crippen LogP contribution in [-0.2, 0) is 4.79 Å². The first-order valence-corrected chi connectivity index (χ1v) is 9.72. The van der Waals surface area contributed by atoms with Crippen molar-refractivity contribution in [2.45, 2.75) is 39.7 Å². The average molecular weight is 384 g/mol. The molecule has 2 amide bonds. The summed E-state index contributed by atoms with van der Waals surface area (Å²) >= 11 is 0. The summed E-state index contributed by atoms with van der Waals surface area (Å²) in [7, 11) is 0. The third-order valence-electron chi connectivity index (χ3n) is 5.23. The quantitative estimate of drug-likeness (QED) is 0.858. The number of anilines is 1. The molecule has 0 aliphatic carbocycles. The average Bonchev–Trinajstić information content (AvgIpc) is 3.11. The highest BCUT2D eigenvalue weighted by molar-refractivity contribution is 5.95. The van der Waals surface area contributed by atoms with E-state index < -0.39 is 0 Å². The second kappa shape index (κ2) is 8.56. The van der Waals surface area contributed by atoms with Crippen molar-refractivity contribution in [1.82, 2.24) is 15.0 Å². The largest absolute Gasteiger partial charge is 0.338 e. The van der Waals surface area contributed by atoms with Crippen molar-refractivity contribution >= 4 is 17.7 Å². The molecule has 1 unspecified atom stereocenters. The van der Waals surface area contributed by atoms with Crippen molar-refractivity contribution in [3.63, 3.8) is 0 Å². The molecule has 0 saturated carbocycles. The molecule has 1 aromatic carbocycles. The summed E-state index contributed by atoms with van der Waals surface area (Å²) in [4.78, 5) is 29.1. The van der Waals surface area contributed by atoms with Crippen molar-refractivity contribution in [2.24, 2.45) is 0 Å². The van der Waals surface area contributed by atoms with Crippen LogP contribution >= 0.6 is 0 Å². The smallest absolute Gasteiger partial charge is 0.253 e. The fraction of sp³-hybridized carbons (Fsp3) is 0.476. The maximum Gasteiger partial charge on any atom is 0.253 e. The standard InChI is InChI=1S/C21H28N4O3/c1-14(2)17-5-7-18(8-6-17)21(27)25-11-9-24(10-12-25)16(4)20(26)22-19-13-15(3)23-28-19/h5-8,13-14,16H,9-12H2,1-4H3,(H,22,26). The van der Waals surface area contributed by atoms with E-state index in [1.807, 2.05) is 36.1 Å². The molecule has 1 saturated heterocycles. The Balaban J connectivity index is 1.53. The Kier molecular flexibility index (Phi) is 6.14. The maximum atomic E-state index is 12.7. The van der Waals surface area contributed by atoms with Crippen LogP contribution in [0, 0.1) is 6.92 Å². The molecular formula is C21H28N4O3. The first-order chi connectivity index (χ1) is 13.3. The van der Waals surface area contributed by atoms with Crippen LogP contribution in [0.3, 0.4) is 0 Å². The third-order valence-corrected chi connectivity index (χ3v) is 5.23. The molecule has 1 aromatic heterocycles. The molecule has 7 heteroatoms. The summed E-state index contributed by atoms with van der Waals surface area (Å²) in [6.45, 7) is 10.4. The fourth-order valence-corrected chi connectivity index (χ4v) is 3.32. The number of rotatable bonds is 5. The minimum atomic E-state index is -0.312. The lowest BCUT2D eigenvalue weighted by atomic mass is 10.0. The van der Waals surface area contributed by atoms with Crippen molar-refractivity contribution < 1.29 is 14.1 Å². The third kappa shape index (κ3) is 4.59. The van der Waals surface area contributed by atoms with Crippen LogP contribution in [0.25, 0.3) is 0 Å². The highest BCUT2D eigenvalue weighted by atomic mass is 16.5. The van der Waals surface area contributed by atoms with Crippen LogP contribution in [0.2, 0.25) is 0 Å². The molecule has 3 rings (SSSR count). The molecule has 2 heterocycles. The van der Waals surface area contributed by atoms with Crippen LogP contribution in [-0.4, -0.2) is 59.0 Å². The molecule has 28 heavy (non-hydrogen) atoms. The molecule has 1 N–H and O–H groups in total. The van der Waals surface area contributed by atoms with Gasteiger partial charge in [0.05, 0.1) is 11.7 Å². The van der Waals surface area contributed by atoms with Crippen molar-refractivity contribution in [1.29, 1.82) is 0 Å². The van der Waals surface area contributed by atoms with Gasteiger partial charge in [0.2, 0.25) is 11.8 Å². The summed E-state index contributed by atoms with van der Waals surface area (Å²) in [6.07, 6.45) is 0. The summed E-state index contributed by atoms with van der Waals surface area (Å²) in [6, 6.07) is 9.22. The number of aromatic nitrogens is 1. The topological polar surface area (TPSA) is 78.7 Å². The Bertz CT molecular complexity index is 820. The predicted octanol–water partition coefficient (Wildman–Crippen LogP) is 2.89. The Morgan fingerprint density at radius 1 is 1.07 bits per heavy atom. The summed E-state index contributed by atoms with van der Waals surface area (Å²) in [5.74, 6) is 0.707. The number of amides is 2. The Hall–Kier alpha value is -2.67. The zero-order valence-electron chi connectivity index (χ0n) is 16.9. The normalized spacial score (nSPS) is 16.2. The van der Waals surface area contributed by atoms with E-state index in [-0.39, 0.29) is 17.9 Å². The second-order valence-electron chi connectivity index (χ2n) is 7.60. The van der Waals surface area contributed by atoms with Crippen LogP contribution in [0.1, 0.15) is 48.3 Å². The molecule has 150 valence electrons. The van der Waals surface area contributed by atoms with Crippen LogP contribution < -0.4 is 5.32 Å². The SMILES string of the molecule is Cc1cc(NC(=O)C(C)N2CCN(C(=O)c3ccc(C(C)C)cc3)CC2)on1. The molecule has 1 atom stereocenters. The van der Waals surface area contributed by atoms with Crippen molar-refractivity contribution in [3.05, 3.63) is 47.2 Å². The second-order valence-corrected chi connectivity index (χ2v) is 7.60. The van der Waals surface area contributed by atoms with Gasteiger partial charge < -0.3 is 9.42 Å². The first kappa shape index (κ1) is 20.1. The number of hydrogen-bond donors (Lipinski definition) is 1. The summed E-state index contributed by atoms with van der Waals surface area (Å²) in [5.41, 5.74) is 2.66. The van der Waals surface area contributed by atoms with Gasteiger partial charge >= 0.3 is 0 Å². The monoisotopic (exact) mass is 384 g/mol. The Morgan fingerprint density at radius 2 is 1.71 bits per heavy atom. The lowest BCUT2D eigenvalue weighted by Crippen LogP contribution is -2.54. The van der Waals surface area contributed by atoms with Crippen LogP contribution in [0.4, 0.5) is 5.88 Å². The number of carbonyl (C=O) groups is 2. The number of nitrogens with zero attached hydrogens (tertiary/aromatic N) is 3. The van der Waals surface area contributed by atoms with E-state index in [1.54, 1.807) is 13.0 Å². The summed E-state index contributed by atoms with van der Waals surface area (Å²) in [5, 5.41) is 6.51. The van der Waals surface area contributed by atoms with Gasteiger partial charge in [0.25, 0.3) is 5.91 Å². The molecule has 0 bridgehead atoms. The van der Waals surface area contributed by atoms with Crippen LogP contribution in [0.5, 0.6) is 0 Å². The zero-order chi connectivity index (χ0) is 20.3. The summed E-state index contributed by atoms with van der Waals surface area (Å²) < 4.78 is 5.04. The first-order valence-electron chi connectivity index (χ1n) is 9.72. The molecule has 1 aliphatic heterocycles. The van der Waals surface area contributed by atoms with E-state index in [2.05, 4.69) is 29.2 Å². The number of aryl methyl sites for hydroxylation is 1. The van der Waals surface area contributed by atoms with E-state index in [9.17, 15) is 9.59 Å². The van der Waals surface area contributed by atoms with Gasteiger partial charge in [-0.2, -0.15) is 0 Å². The van der Waals surface area contributed by atoms with Gasteiger partial charge in [-0.3, -0.25) is 19.8 Å². The van der Waals surface area contributed by atoms with E-state index in [0.717, 1.165) is 5.69 Å². The van der Waals surface area contributed by atoms with Gasteiger partial charge in [0.15, 0.2) is 0 Å². The number of hydrogen-bond acceptors (Lipinski definition) is 5. The molecule has 0 spiro atoms. The molecular weight excluding hydrogens is 356 g/mol. The molecule has 7 nitrogen and oxygen atoms in total. The molecule has 2 aromatic rings. The van der Waals surface area contributed by atoms with Gasteiger partial charge in [-0.25, -0.2) is 0 Å².